The Balaban J connectivity index is 1.61. The van der Waals surface area contributed by atoms with Crippen molar-refractivity contribution in [2.45, 2.75) is 62.4 Å². The number of hydrogen-bond acceptors (Lipinski definition) is 2. The largest absolute Gasteiger partial charge is 0.207 e. The molecular weight excluding hydrogens is 335 g/mol. The molecule has 1 aromatic carbocycles. The zero-order valence-electron chi connectivity index (χ0n) is 14.7. The Kier molecular flexibility index (Phi) is 5.20. The van der Waals surface area contributed by atoms with E-state index in [1.807, 2.05) is 6.07 Å². The van der Waals surface area contributed by atoms with Crippen molar-refractivity contribution in [3.05, 3.63) is 35.1 Å². The van der Waals surface area contributed by atoms with Gasteiger partial charge in [0, 0.05) is 5.56 Å². The standard InChI is InChI=1S/C21H29FS2/c1-2-5-15-8-10-16(11-9-15)18-14-17-6-3-7-19(22)20(17)21(18)23-12-4-13-24-21/h3,6-7,15-16,18H,2,4-5,8-14H2,1H3. The lowest BCUT2D eigenvalue weighted by Crippen LogP contribution is -2.35. The third kappa shape index (κ3) is 2.94. The van der Waals surface area contributed by atoms with Crippen molar-refractivity contribution < 1.29 is 4.39 Å². The minimum Gasteiger partial charge on any atom is -0.207 e. The van der Waals surface area contributed by atoms with Crippen LogP contribution in [0, 0.1) is 23.6 Å². The van der Waals surface area contributed by atoms with E-state index in [0.717, 1.165) is 23.8 Å². The van der Waals surface area contributed by atoms with Crippen LogP contribution in [0.5, 0.6) is 0 Å². The second kappa shape index (κ2) is 7.23. The van der Waals surface area contributed by atoms with Crippen molar-refractivity contribution >= 4 is 23.5 Å². The van der Waals surface area contributed by atoms with Gasteiger partial charge in [0.15, 0.2) is 0 Å². The van der Waals surface area contributed by atoms with Gasteiger partial charge in [0.05, 0.1) is 4.08 Å². The minimum atomic E-state index is 0.0151. The zero-order chi connectivity index (χ0) is 16.6. The predicted octanol–water partition coefficient (Wildman–Crippen LogP) is 6.63. The summed E-state index contributed by atoms with van der Waals surface area (Å²) in [7, 11) is 0. The molecule has 1 atom stereocenters. The summed E-state index contributed by atoms with van der Waals surface area (Å²) in [5.41, 5.74) is 2.37. The van der Waals surface area contributed by atoms with Gasteiger partial charge in [0.2, 0.25) is 0 Å². The van der Waals surface area contributed by atoms with Crippen molar-refractivity contribution in [3.8, 4) is 0 Å². The lowest BCUT2D eigenvalue weighted by Gasteiger charge is -2.44. The van der Waals surface area contributed by atoms with E-state index >= 15 is 0 Å². The molecule has 1 spiro atoms. The third-order valence-corrected chi connectivity index (χ3v) is 10.0. The average Bonchev–Trinajstić information content (AvgIpc) is 2.92. The van der Waals surface area contributed by atoms with Crippen LogP contribution >= 0.6 is 23.5 Å². The predicted molar refractivity (Wildman–Crippen MR) is 105 cm³/mol. The Morgan fingerprint density at radius 3 is 2.58 bits per heavy atom. The molecule has 0 aromatic heterocycles. The van der Waals surface area contributed by atoms with Gasteiger partial charge < -0.3 is 0 Å². The minimum absolute atomic E-state index is 0.0151. The fourth-order valence-electron chi connectivity index (χ4n) is 5.36. The molecule has 2 aliphatic carbocycles. The molecular formula is C21H29FS2. The monoisotopic (exact) mass is 364 g/mol. The van der Waals surface area contributed by atoms with Crippen molar-refractivity contribution in [1.82, 2.24) is 0 Å². The van der Waals surface area contributed by atoms with Crippen LogP contribution in [0.4, 0.5) is 4.39 Å². The van der Waals surface area contributed by atoms with E-state index < -0.39 is 0 Å². The van der Waals surface area contributed by atoms with E-state index in [-0.39, 0.29) is 9.90 Å². The molecule has 0 bridgehead atoms. The fourth-order valence-corrected chi connectivity index (χ4v) is 9.28. The average molecular weight is 365 g/mol. The van der Waals surface area contributed by atoms with Crippen LogP contribution in [0.3, 0.4) is 0 Å². The summed E-state index contributed by atoms with van der Waals surface area (Å²) in [5, 5.41) is 0. The van der Waals surface area contributed by atoms with Crippen LogP contribution in [-0.4, -0.2) is 11.5 Å². The first-order valence-corrected chi connectivity index (χ1v) is 11.8. The first kappa shape index (κ1) is 17.3. The van der Waals surface area contributed by atoms with E-state index in [1.54, 1.807) is 6.07 Å². The highest BCUT2D eigenvalue weighted by molar-refractivity contribution is 8.18. The molecule has 3 heteroatoms. The molecule has 0 amide bonds. The van der Waals surface area contributed by atoms with Crippen molar-refractivity contribution in [1.29, 1.82) is 0 Å². The number of hydrogen-bond donors (Lipinski definition) is 0. The molecule has 3 aliphatic rings. The summed E-state index contributed by atoms with van der Waals surface area (Å²) in [6, 6.07) is 5.80. The second-order valence-electron chi connectivity index (χ2n) is 7.87. The number of rotatable bonds is 3. The van der Waals surface area contributed by atoms with Crippen LogP contribution in [0.1, 0.15) is 63.0 Å². The topological polar surface area (TPSA) is 0 Å². The van der Waals surface area contributed by atoms with Crippen molar-refractivity contribution in [2.24, 2.45) is 17.8 Å². The van der Waals surface area contributed by atoms with Crippen LogP contribution in [0.25, 0.3) is 0 Å². The first-order chi connectivity index (χ1) is 11.7. The molecule has 24 heavy (non-hydrogen) atoms. The maximum Gasteiger partial charge on any atom is 0.128 e. The second-order valence-corrected chi connectivity index (χ2v) is 10.8. The summed E-state index contributed by atoms with van der Waals surface area (Å²) in [6.07, 6.45) is 10.7. The molecule has 0 nitrogen and oxygen atoms in total. The number of benzene rings is 1. The highest BCUT2D eigenvalue weighted by Gasteiger charge is 2.53. The van der Waals surface area contributed by atoms with E-state index in [9.17, 15) is 4.39 Å². The van der Waals surface area contributed by atoms with Crippen LogP contribution in [0.15, 0.2) is 18.2 Å². The number of thioether (sulfide) groups is 2. The van der Waals surface area contributed by atoms with Crippen LogP contribution < -0.4 is 0 Å². The van der Waals surface area contributed by atoms with Crippen LogP contribution in [0.2, 0.25) is 0 Å². The maximum atomic E-state index is 14.8. The smallest absolute Gasteiger partial charge is 0.128 e. The Bertz CT molecular complexity index is 571. The highest BCUT2D eigenvalue weighted by Crippen LogP contribution is 2.64. The van der Waals surface area contributed by atoms with Crippen LogP contribution in [-0.2, 0) is 10.5 Å². The molecule has 0 N–H and O–H groups in total. The Hall–Kier alpha value is -0.150. The van der Waals surface area contributed by atoms with Gasteiger partial charge in [-0.25, -0.2) is 4.39 Å². The molecule has 1 saturated carbocycles. The summed E-state index contributed by atoms with van der Waals surface area (Å²) in [5.74, 6) is 4.83. The summed E-state index contributed by atoms with van der Waals surface area (Å²) < 4.78 is 14.8. The van der Waals surface area contributed by atoms with Crippen molar-refractivity contribution in [2.75, 3.05) is 11.5 Å². The third-order valence-electron chi connectivity index (χ3n) is 6.46. The molecule has 1 aliphatic heterocycles. The Morgan fingerprint density at radius 1 is 1.12 bits per heavy atom. The Labute approximate surface area is 154 Å². The Morgan fingerprint density at radius 2 is 1.88 bits per heavy atom. The molecule has 2 fully saturated rings. The van der Waals surface area contributed by atoms with Crippen molar-refractivity contribution in [3.63, 3.8) is 0 Å². The van der Waals surface area contributed by atoms with Gasteiger partial charge in [-0.05, 0) is 66.6 Å². The van der Waals surface area contributed by atoms with Gasteiger partial charge in [0.25, 0.3) is 0 Å². The molecule has 1 aromatic rings. The van der Waals surface area contributed by atoms with Gasteiger partial charge in [-0.15, -0.1) is 23.5 Å². The summed E-state index contributed by atoms with van der Waals surface area (Å²) >= 11 is 4.13. The van der Waals surface area contributed by atoms with E-state index in [2.05, 4.69) is 36.5 Å². The van der Waals surface area contributed by atoms with Gasteiger partial charge in [-0.1, -0.05) is 44.7 Å². The van der Waals surface area contributed by atoms with Gasteiger partial charge in [0.1, 0.15) is 5.82 Å². The highest BCUT2D eigenvalue weighted by atomic mass is 32.2. The molecule has 132 valence electrons. The van der Waals surface area contributed by atoms with E-state index in [4.69, 9.17) is 0 Å². The van der Waals surface area contributed by atoms with Gasteiger partial charge in [-0.2, -0.15) is 0 Å². The summed E-state index contributed by atoms with van der Waals surface area (Å²) in [4.78, 5) is 0. The van der Waals surface area contributed by atoms with E-state index in [1.165, 1.54) is 62.0 Å². The quantitative estimate of drug-likeness (QED) is 0.590. The summed E-state index contributed by atoms with van der Waals surface area (Å²) in [6.45, 7) is 2.31. The van der Waals surface area contributed by atoms with Gasteiger partial charge in [-0.3, -0.25) is 0 Å². The molecule has 1 saturated heterocycles. The normalized spacial score (nSPS) is 32.0. The fraction of sp³-hybridized carbons (Fsp3) is 0.714. The number of halogens is 1. The molecule has 0 radical (unpaired) electrons. The molecule has 1 heterocycles. The lowest BCUT2D eigenvalue weighted by atomic mass is 9.73. The zero-order valence-corrected chi connectivity index (χ0v) is 16.4. The molecule has 1 unspecified atom stereocenters. The SMILES string of the molecule is CCCC1CCC(C2Cc3cccc(F)c3C23SCCCS3)CC1. The van der Waals surface area contributed by atoms with Gasteiger partial charge >= 0.3 is 0 Å². The maximum absolute atomic E-state index is 14.8. The molecule has 4 rings (SSSR count). The lowest BCUT2D eigenvalue weighted by molar-refractivity contribution is 0.193. The first-order valence-electron chi connectivity index (χ1n) is 9.80. The van der Waals surface area contributed by atoms with E-state index in [0.29, 0.717) is 5.92 Å². The number of fused-ring (bicyclic) bond motifs is 2.